The fourth-order valence-corrected chi connectivity index (χ4v) is 1.16. The highest BCUT2D eigenvalue weighted by atomic mass is 16.5. The van der Waals surface area contributed by atoms with Gasteiger partial charge in [-0.25, -0.2) is 0 Å². The van der Waals surface area contributed by atoms with Crippen molar-refractivity contribution in [1.29, 1.82) is 0 Å². The smallest absolute Gasteiger partial charge is 0.237 e. The van der Waals surface area contributed by atoms with Crippen LogP contribution >= 0.6 is 0 Å². The lowest BCUT2D eigenvalue weighted by Crippen LogP contribution is -2.44. The summed E-state index contributed by atoms with van der Waals surface area (Å²) in [7, 11) is 0. The standard InChI is InChI=1S/C10H18N4O2/c1-6(2)9(11)10(15)12-5-4-8-13-7(3)16-14-8/h6,9H,4-5,11H2,1-3H3,(H,12,15). The molecule has 0 bridgehead atoms. The summed E-state index contributed by atoms with van der Waals surface area (Å²) in [5, 5.41) is 6.46. The van der Waals surface area contributed by atoms with Crippen LogP contribution in [0, 0.1) is 12.8 Å². The van der Waals surface area contributed by atoms with Crippen LogP contribution in [0.5, 0.6) is 0 Å². The van der Waals surface area contributed by atoms with Gasteiger partial charge < -0.3 is 15.6 Å². The third kappa shape index (κ3) is 3.62. The quantitative estimate of drug-likeness (QED) is 0.738. The monoisotopic (exact) mass is 226 g/mol. The van der Waals surface area contributed by atoms with Gasteiger partial charge in [0.05, 0.1) is 6.04 Å². The molecule has 0 radical (unpaired) electrons. The minimum Gasteiger partial charge on any atom is -0.354 e. The van der Waals surface area contributed by atoms with Crippen LogP contribution in [0.15, 0.2) is 4.52 Å². The highest BCUT2D eigenvalue weighted by Gasteiger charge is 2.16. The van der Waals surface area contributed by atoms with Crippen molar-refractivity contribution >= 4 is 5.91 Å². The second kappa shape index (κ2) is 5.60. The molecule has 0 saturated heterocycles. The summed E-state index contributed by atoms with van der Waals surface area (Å²) < 4.78 is 4.81. The molecular formula is C10H18N4O2. The van der Waals surface area contributed by atoms with Crippen molar-refractivity contribution in [1.82, 2.24) is 15.5 Å². The topological polar surface area (TPSA) is 94.0 Å². The van der Waals surface area contributed by atoms with Gasteiger partial charge in [-0.15, -0.1) is 0 Å². The zero-order valence-electron chi connectivity index (χ0n) is 9.86. The molecule has 1 heterocycles. The Kier molecular flexibility index (Phi) is 4.42. The van der Waals surface area contributed by atoms with E-state index in [4.69, 9.17) is 10.3 Å². The van der Waals surface area contributed by atoms with E-state index in [1.54, 1.807) is 6.92 Å². The van der Waals surface area contributed by atoms with E-state index in [1.165, 1.54) is 0 Å². The van der Waals surface area contributed by atoms with Gasteiger partial charge in [-0.3, -0.25) is 4.79 Å². The second-order valence-corrected chi connectivity index (χ2v) is 4.04. The molecule has 0 saturated carbocycles. The molecule has 0 aromatic carbocycles. The Labute approximate surface area is 94.6 Å². The van der Waals surface area contributed by atoms with E-state index in [9.17, 15) is 4.79 Å². The average Bonchev–Trinajstić information content (AvgIpc) is 2.62. The maximum atomic E-state index is 11.5. The van der Waals surface area contributed by atoms with Gasteiger partial charge in [0.15, 0.2) is 5.82 Å². The van der Waals surface area contributed by atoms with Gasteiger partial charge in [0, 0.05) is 19.9 Å². The van der Waals surface area contributed by atoms with E-state index >= 15 is 0 Å². The van der Waals surface area contributed by atoms with E-state index in [-0.39, 0.29) is 11.8 Å². The molecular weight excluding hydrogens is 208 g/mol. The minimum absolute atomic E-state index is 0.132. The van der Waals surface area contributed by atoms with Crippen molar-refractivity contribution in [3.05, 3.63) is 11.7 Å². The van der Waals surface area contributed by atoms with Crippen molar-refractivity contribution in [3.63, 3.8) is 0 Å². The Morgan fingerprint density at radius 1 is 1.56 bits per heavy atom. The van der Waals surface area contributed by atoms with Crippen LogP contribution in [-0.4, -0.2) is 28.6 Å². The lowest BCUT2D eigenvalue weighted by Gasteiger charge is -2.14. The zero-order valence-corrected chi connectivity index (χ0v) is 9.86. The minimum atomic E-state index is -0.466. The van der Waals surface area contributed by atoms with Crippen LogP contribution in [0.1, 0.15) is 25.6 Å². The molecule has 1 atom stereocenters. The van der Waals surface area contributed by atoms with Gasteiger partial charge in [0.25, 0.3) is 0 Å². The van der Waals surface area contributed by atoms with Gasteiger partial charge in [-0.2, -0.15) is 4.98 Å². The van der Waals surface area contributed by atoms with Crippen molar-refractivity contribution in [2.24, 2.45) is 11.7 Å². The molecule has 90 valence electrons. The van der Waals surface area contributed by atoms with E-state index < -0.39 is 6.04 Å². The molecule has 1 rings (SSSR count). The van der Waals surface area contributed by atoms with E-state index in [1.807, 2.05) is 13.8 Å². The number of nitrogens with one attached hydrogen (secondary N) is 1. The number of amides is 1. The maximum absolute atomic E-state index is 11.5. The fraction of sp³-hybridized carbons (Fsp3) is 0.700. The van der Waals surface area contributed by atoms with Crippen LogP contribution in [0.3, 0.4) is 0 Å². The number of nitrogens with two attached hydrogens (primary N) is 1. The van der Waals surface area contributed by atoms with Gasteiger partial charge in [0.1, 0.15) is 0 Å². The summed E-state index contributed by atoms with van der Waals surface area (Å²) in [6.45, 7) is 6.02. The summed E-state index contributed by atoms with van der Waals surface area (Å²) in [4.78, 5) is 15.5. The summed E-state index contributed by atoms with van der Waals surface area (Å²) in [5.74, 6) is 1.11. The van der Waals surface area contributed by atoms with Crippen molar-refractivity contribution in [2.75, 3.05) is 6.54 Å². The number of nitrogens with zero attached hydrogens (tertiary/aromatic N) is 2. The number of carbonyl (C=O) groups excluding carboxylic acids is 1. The summed E-state index contributed by atoms with van der Waals surface area (Å²) in [6.07, 6.45) is 0.549. The first-order chi connectivity index (χ1) is 7.50. The number of aromatic nitrogens is 2. The van der Waals surface area contributed by atoms with Crippen LogP contribution in [-0.2, 0) is 11.2 Å². The number of carbonyl (C=O) groups is 1. The molecule has 1 amide bonds. The summed E-state index contributed by atoms with van der Waals surface area (Å²) >= 11 is 0. The normalized spacial score (nSPS) is 12.8. The van der Waals surface area contributed by atoms with Gasteiger partial charge in [0.2, 0.25) is 11.8 Å². The predicted molar refractivity (Wildman–Crippen MR) is 58.6 cm³/mol. The van der Waals surface area contributed by atoms with Crippen LogP contribution in [0.2, 0.25) is 0 Å². The molecule has 0 aliphatic rings. The van der Waals surface area contributed by atoms with Crippen LogP contribution in [0.25, 0.3) is 0 Å². The maximum Gasteiger partial charge on any atom is 0.237 e. The van der Waals surface area contributed by atoms with Crippen molar-refractivity contribution in [3.8, 4) is 0 Å². The number of hydrogen-bond donors (Lipinski definition) is 2. The number of hydrogen-bond acceptors (Lipinski definition) is 5. The highest BCUT2D eigenvalue weighted by Crippen LogP contribution is 1.98. The fourth-order valence-electron chi connectivity index (χ4n) is 1.16. The Hall–Kier alpha value is -1.43. The van der Waals surface area contributed by atoms with E-state index in [0.717, 1.165) is 0 Å². The summed E-state index contributed by atoms with van der Waals surface area (Å²) in [5.41, 5.74) is 5.68. The lowest BCUT2D eigenvalue weighted by atomic mass is 10.1. The second-order valence-electron chi connectivity index (χ2n) is 4.04. The third-order valence-corrected chi connectivity index (χ3v) is 2.24. The molecule has 6 heteroatoms. The van der Waals surface area contributed by atoms with Crippen molar-refractivity contribution < 1.29 is 9.32 Å². The molecule has 0 aliphatic heterocycles. The molecule has 0 fully saturated rings. The Bertz CT molecular complexity index is 348. The Morgan fingerprint density at radius 3 is 2.75 bits per heavy atom. The highest BCUT2D eigenvalue weighted by molar-refractivity contribution is 5.81. The average molecular weight is 226 g/mol. The first-order valence-corrected chi connectivity index (χ1v) is 5.33. The van der Waals surface area contributed by atoms with Crippen molar-refractivity contribution in [2.45, 2.75) is 33.2 Å². The molecule has 1 aromatic heterocycles. The first kappa shape index (κ1) is 12.6. The molecule has 0 spiro atoms. The molecule has 3 N–H and O–H groups in total. The first-order valence-electron chi connectivity index (χ1n) is 5.33. The zero-order chi connectivity index (χ0) is 12.1. The number of aryl methyl sites for hydroxylation is 1. The van der Waals surface area contributed by atoms with Gasteiger partial charge >= 0.3 is 0 Å². The Morgan fingerprint density at radius 2 is 2.25 bits per heavy atom. The van der Waals surface area contributed by atoms with Crippen LogP contribution in [0.4, 0.5) is 0 Å². The lowest BCUT2D eigenvalue weighted by molar-refractivity contribution is -0.123. The van der Waals surface area contributed by atoms with E-state index in [2.05, 4.69) is 15.5 Å². The molecule has 1 aromatic rings. The number of rotatable bonds is 5. The SMILES string of the molecule is Cc1nc(CCNC(=O)C(N)C(C)C)no1. The predicted octanol–water partition coefficient (Wildman–Crippen LogP) is 0.0200. The molecule has 16 heavy (non-hydrogen) atoms. The molecule has 1 unspecified atom stereocenters. The van der Waals surface area contributed by atoms with Crippen LogP contribution < -0.4 is 11.1 Å². The Balaban J connectivity index is 2.28. The van der Waals surface area contributed by atoms with Gasteiger partial charge in [-0.05, 0) is 5.92 Å². The van der Waals surface area contributed by atoms with E-state index in [0.29, 0.717) is 24.7 Å². The van der Waals surface area contributed by atoms with Gasteiger partial charge in [-0.1, -0.05) is 19.0 Å². The molecule has 0 aliphatic carbocycles. The third-order valence-electron chi connectivity index (χ3n) is 2.24. The summed E-state index contributed by atoms with van der Waals surface area (Å²) in [6, 6.07) is -0.466. The molecule has 6 nitrogen and oxygen atoms in total. The largest absolute Gasteiger partial charge is 0.354 e.